The van der Waals surface area contributed by atoms with Gasteiger partial charge in [0.05, 0.1) is 6.61 Å². The van der Waals surface area contributed by atoms with Crippen molar-refractivity contribution in [3.63, 3.8) is 0 Å². The van der Waals surface area contributed by atoms with Crippen LogP contribution in [0, 0.1) is 5.82 Å². The number of nitrogens with one attached hydrogen (secondary N) is 1. The molecule has 0 bridgehead atoms. The molecule has 0 aliphatic heterocycles. The van der Waals surface area contributed by atoms with Gasteiger partial charge in [-0.1, -0.05) is 6.92 Å². The Morgan fingerprint density at radius 1 is 1.37 bits per heavy atom. The van der Waals surface area contributed by atoms with Gasteiger partial charge in [0, 0.05) is 13.1 Å². The summed E-state index contributed by atoms with van der Waals surface area (Å²) < 4.78 is 18.1. The average molecular weight is 381 g/mol. The van der Waals surface area contributed by atoms with E-state index in [2.05, 4.69) is 10.3 Å². The Morgan fingerprint density at radius 3 is 2.68 bits per heavy atom. The first-order valence-electron chi connectivity index (χ1n) is 6.14. The second-order valence-electron chi connectivity index (χ2n) is 3.85. The summed E-state index contributed by atoms with van der Waals surface area (Å²) in [6.45, 7) is 4.05. The van der Waals surface area contributed by atoms with Gasteiger partial charge >= 0.3 is 0 Å². The molecule has 3 N–H and O–H groups in total. The first-order valence-corrected chi connectivity index (χ1v) is 6.14. The summed E-state index contributed by atoms with van der Waals surface area (Å²) in [6.07, 6.45) is 1.79. The molecule has 1 aromatic rings. The van der Waals surface area contributed by atoms with E-state index in [0.717, 1.165) is 19.4 Å². The van der Waals surface area contributed by atoms with Gasteiger partial charge in [0.15, 0.2) is 5.96 Å². The van der Waals surface area contributed by atoms with Gasteiger partial charge in [0.25, 0.3) is 0 Å². The lowest BCUT2D eigenvalue weighted by Crippen LogP contribution is -2.33. The molecule has 0 unspecified atom stereocenters. The van der Waals surface area contributed by atoms with Crippen LogP contribution in [-0.2, 0) is 0 Å². The van der Waals surface area contributed by atoms with Gasteiger partial charge in [-0.25, -0.2) is 4.39 Å². The van der Waals surface area contributed by atoms with Crippen molar-refractivity contribution in [2.75, 3.05) is 19.7 Å². The third-order valence-electron chi connectivity index (χ3n) is 2.22. The zero-order valence-electron chi connectivity index (χ0n) is 11.1. The largest absolute Gasteiger partial charge is 0.494 e. The third kappa shape index (κ3) is 8.63. The van der Waals surface area contributed by atoms with Crippen LogP contribution in [0.2, 0.25) is 0 Å². The number of halogens is 2. The Morgan fingerprint density at radius 2 is 2.05 bits per heavy atom. The minimum Gasteiger partial charge on any atom is -0.494 e. The number of guanidine groups is 1. The highest BCUT2D eigenvalue weighted by Crippen LogP contribution is 2.10. The van der Waals surface area contributed by atoms with Crippen LogP contribution >= 0.6 is 24.0 Å². The first-order chi connectivity index (χ1) is 8.72. The molecule has 0 saturated carbocycles. The van der Waals surface area contributed by atoms with Gasteiger partial charge in [-0.15, -0.1) is 24.0 Å². The zero-order valence-corrected chi connectivity index (χ0v) is 13.4. The Kier molecular flexibility index (Phi) is 10.2. The molecule has 0 amide bonds. The fourth-order valence-electron chi connectivity index (χ4n) is 1.30. The second-order valence-corrected chi connectivity index (χ2v) is 3.85. The van der Waals surface area contributed by atoms with Gasteiger partial charge in [0.2, 0.25) is 0 Å². The molecule has 6 heteroatoms. The van der Waals surface area contributed by atoms with Crippen molar-refractivity contribution in [2.24, 2.45) is 10.7 Å². The standard InChI is InChI=1S/C13H20FN3O.HI/c1-2-8-16-13(15)17-9-3-10-18-12-6-4-11(14)5-7-12;/h4-7H,2-3,8-10H2,1H3,(H3,15,16,17);1H. The molecule has 0 radical (unpaired) electrons. The minimum atomic E-state index is -0.260. The molecular weight excluding hydrogens is 360 g/mol. The molecule has 4 nitrogen and oxygen atoms in total. The van der Waals surface area contributed by atoms with Crippen LogP contribution in [-0.4, -0.2) is 25.7 Å². The molecular formula is C13H21FIN3O. The van der Waals surface area contributed by atoms with Gasteiger partial charge in [-0.3, -0.25) is 4.99 Å². The van der Waals surface area contributed by atoms with Crippen LogP contribution in [0.15, 0.2) is 29.3 Å². The Labute approximate surface area is 130 Å². The number of ether oxygens (including phenoxy) is 1. The van der Waals surface area contributed by atoms with E-state index in [1.165, 1.54) is 12.1 Å². The van der Waals surface area contributed by atoms with E-state index in [4.69, 9.17) is 10.5 Å². The Bertz CT molecular complexity index is 371. The van der Waals surface area contributed by atoms with E-state index in [1.54, 1.807) is 12.1 Å². The van der Waals surface area contributed by atoms with Crippen LogP contribution in [0.1, 0.15) is 19.8 Å². The van der Waals surface area contributed by atoms with E-state index >= 15 is 0 Å². The predicted molar refractivity (Wildman–Crippen MR) is 86.7 cm³/mol. The smallest absolute Gasteiger partial charge is 0.188 e. The highest BCUT2D eigenvalue weighted by atomic mass is 127. The van der Waals surface area contributed by atoms with Crippen molar-refractivity contribution in [2.45, 2.75) is 19.8 Å². The lowest BCUT2D eigenvalue weighted by Gasteiger charge is -2.07. The van der Waals surface area contributed by atoms with Gasteiger partial charge in [-0.05, 0) is 37.1 Å². The number of nitrogens with two attached hydrogens (primary N) is 1. The summed E-state index contributed by atoms with van der Waals surface area (Å²) in [5.41, 5.74) is 5.63. The molecule has 1 rings (SSSR count). The maximum atomic E-state index is 12.6. The number of hydrogen-bond donors (Lipinski definition) is 2. The average Bonchev–Trinajstić information content (AvgIpc) is 2.38. The quantitative estimate of drug-likeness (QED) is 0.330. The van der Waals surface area contributed by atoms with E-state index < -0.39 is 0 Å². The molecule has 0 spiro atoms. The van der Waals surface area contributed by atoms with E-state index in [1.807, 2.05) is 6.92 Å². The van der Waals surface area contributed by atoms with Crippen molar-refractivity contribution in [3.8, 4) is 5.75 Å². The number of rotatable bonds is 7. The van der Waals surface area contributed by atoms with E-state index in [-0.39, 0.29) is 29.8 Å². The van der Waals surface area contributed by atoms with Crippen molar-refractivity contribution >= 4 is 29.9 Å². The van der Waals surface area contributed by atoms with Crippen LogP contribution in [0.25, 0.3) is 0 Å². The van der Waals surface area contributed by atoms with Crippen LogP contribution < -0.4 is 15.8 Å². The molecule has 0 aliphatic rings. The lowest BCUT2D eigenvalue weighted by atomic mass is 10.3. The number of benzene rings is 1. The highest BCUT2D eigenvalue weighted by molar-refractivity contribution is 14.0. The van der Waals surface area contributed by atoms with Crippen molar-refractivity contribution < 1.29 is 9.13 Å². The van der Waals surface area contributed by atoms with Gasteiger partial charge in [0.1, 0.15) is 11.6 Å². The lowest BCUT2D eigenvalue weighted by molar-refractivity contribution is 0.311. The molecule has 0 aliphatic carbocycles. The van der Waals surface area contributed by atoms with E-state index in [0.29, 0.717) is 24.9 Å². The monoisotopic (exact) mass is 381 g/mol. The summed E-state index contributed by atoms with van der Waals surface area (Å²) in [6, 6.07) is 5.98. The maximum absolute atomic E-state index is 12.6. The van der Waals surface area contributed by atoms with Crippen LogP contribution in [0.3, 0.4) is 0 Å². The maximum Gasteiger partial charge on any atom is 0.188 e. The number of nitrogens with zero attached hydrogens (tertiary/aromatic N) is 1. The second kappa shape index (κ2) is 10.8. The van der Waals surface area contributed by atoms with Gasteiger partial charge < -0.3 is 15.8 Å². The summed E-state index contributed by atoms with van der Waals surface area (Å²) in [5.74, 6) is 0.881. The van der Waals surface area contributed by atoms with Crippen LogP contribution in [0.5, 0.6) is 5.75 Å². The number of aliphatic imine (C=N–C) groups is 1. The molecule has 19 heavy (non-hydrogen) atoms. The summed E-state index contributed by atoms with van der Waals surface area (Å²) in [7, 11) is 0. The molecule has 1 aromatic carbocycles. The first kappa shape index (κ1) is 17.9. The van der Waals surface area contributed by atoms with Crippen LogP contribution in [0.4, 0.5) is 4.39 Å². The normalized spacial score (nSPS) is 10.7. The zero-order chi connectivity index (χ0) is 13.2. The fraction of sp³-hybridized carbons (Fsp3) is 0.462. The van der Waals surface area contributed by atoms with Crippen molar-refractivity contribution in [3.05, 3.63) is 30.1 Å². The molecule has 0 heterocycles. The molecule has 0 aromatic heterocycles. The molecule has 0 saturated heterocycles. The van der Waals surface area contributed by atoms with Crippen molar-refractivity contribution in [1.29, 1.82) is 0 Å². The molecule has 108 valence electrons. The fourth-order valence-corrected chi connectivity index (χ4v) is 1.30. The Balaban J connectivity index is 0.00000324. The summed E-state index contributed by atoms with van der Waals surface area (Å²) in [4.78, 5) is 4.11. The van der Waals surface area contributed by atoms with Crippen molar-refractivity contribution in [1.82, 2.24) is 5.32 Å². The minimum absolute atomic E-state index is 0. The third-order valence-corrected chi connectivity index (χ3v) is 2.22. The number of hydrogen-bond acceptors (Lipinski definition) is 2. The predicted octanol–water partition coefficient (Wildman–Crippen LogP) is 2.53. The summed E-state index contributed by atoms with van der Waals surface area (Å²) >= 11 is 0. The molecule has 0 atom stereocenters. The van der Waals surface area contributed by atoms with Gasteiger partial charge in [-0.2, -0.15) is 0 Å². The summed E-state index contributed by atoms with van der Waals surface area (Å²) in [5, 5.41) is 3.00. The topological polar surface area (TPSA) is 59.6 Å². The molecule has 0 fully saturated rings. The SMILES string of the molecule is CCCN=C(N)NCCCOc1ccc(F)cc1.I. The Hall–Kier alpha value is -1.05. The van der Waals surface area contributed by atoms with E-state index in [9.17, 15) is 4.39 Å². The highest BCUT2D eigenvalue weighted by Gasteiger charge is 1.95.